The highest BCUT2D eigenvalue weighted by Crippen LogP contribution is 2.52. The Hall–Kier alpha value is -1.93. The van der Waals surface area contributed by atoms with Gasteiger partial charge in [0.15, 0.2) is 0 Å². The van der Waals surface area contributed by atoms with E-state index < -0.39 is 0 Å². The van der Waals surface area contributed by atoms with Crippen molar-refractivity contribution in [2.24, 2.45) is 0 Å². The maximum absolute atomic E-state index is 4.22. The molecule has 1 aliphatic rings. The molecule has 1 aliphatic heterocycles. The number of benzene rings is 3. The van der Waals surface area contributed by atoms with Gasteiger partial charge in [-0.25, -0.2) is 0 Å². The van der Waals surface area contributed by atoms with Crippen LogP contribution in [0.15, 0.2) is 65.0 Å². The largest absolute Gasteiger partial charge is 0.335 e. The lowest BCUT2D eigenvalue weighted by molar-refractivity contribution is 1.01. The van der Waals surface area contributed by atoms with Gasteiger partial charge in [0.25, 0.3) is 0 Å². The first-order valence-corrected chi connectivity index (χ1v) is 7.70. The van der Waals surface area contributed by atoms with Crippen LogP contribution in [0.3, 0.4) is 0 Å². The normalized spacial score (nSPS) is 14.2. The van der Waals surface area contributed by atoms with Crippen LogP contribution in [-0.4, -0.2) is 6.54 Å². The van der Waals surface area contributed by atoms with Crippen LogP contribution in [0.25, 0.3) is 21.5 Å². The van der Waals surface area contributed by atoms with Gasteiger partial charge in [0, 0.05) is 16.8 Å². The fraction of sp³-hybridized carbons (Fsp3) is 0.111. The Kier molecular flexibility index (Phi) is 2.54. The molecule has 0 fully saturated rings. The highest BCUT2D eigenvalue weighted by molar-refractivity contribution is 8.04. The van der Waals surface area contributed by atoms with Gasteiger partial charge in [-0.2, -0.15) is 0 Å². The molecule has 0 N–H and O–H groups in total. The third kappa shape index (κ3) is 1.46. The first-order valence-electron chi connectivity index (χ1n) is 6.89. The lowest BCUT2D eigenvalue weighted by Gasteiger charge is -2.19. The topological polar surface area (TPSA) is 3.24 Å². The molecule has 0 saturated heterocycles. The number of anilines is 1. The van der Waals surface area contributed by atoms with Gasteiger partial charge in [0.2, 0.25) is 0 Å². The van der Waals surface area contributed by atoms with Crippen LogP contribution < -0.4 is 4.90 Å². The van der Waals surface area contributed by atoms with Crippen molar-refractivity contribution in [3.63, 3.8) is 0 Å². The van der Waals surface area contributed by atoms with Crippen LogP contribution in [0, 0.1) is 0 Å². The fourth-order valence-corrected chi connectivity index (χ4v) is 4.26. The molecule has 3 aromatic rings. The average molecular weight is 277 g/mol. The summed E-state index contributed by atoms with van der Waals surface area (Å²) >= 11 is 1.80. The van der Waals surface area contributed by atoms with Gasteiger partial charge in [-0.15, -0.1) is 0 Å². The summed E-state index contributed by atoms with van der Waals surface area (Å²) in [4.78, 5) is 3.68. The fourth-order valence-electron chi connectivity index (χ4n) is 3.09. The molecule has 0 bridgehead atoms. The minimum absolute atomic E-state index is 0.959. The van der Waals surface area contributed by atoms with Crippen LogP contribution in [0.4, 0.5) is 5.69 Å². The van der Waals surface area contributed by atoms with E-state index in [2.05, 4.69) is 66.9 Å². The van der Waals surface area contributed by atoms with Gasteiger partial charge in [-0.3, -0.25) is 0 Å². The van der Waals surface area contributed by atoms with Crippen molar-refractivity contribution in [2.75, 3.05) is 11.4 Å². The van der Waals surface area contributed by atoms with Gasteiger partial charge in [-0.1, -0.05) is 66.9 Å². The molecule has 1 nitrogen and oxygen atoms in total. The van der Waals surface area contributed by atoms with E-state index in [4.69, 9.17) is 0 Å². The van der Waals surface area contributed by atoms with Crippen molar-refractivity contribution in [3.05, 3.63) is 60.1 Å². The average Bonchev–Trinajstić information content (AvgIpc) is 2.84. The Morgan fingerprint density at radius 3 is 2.10 bits per heavy atom. The number of hydrogen-bond acceptors (Lipinski definition) is 2. The monoisotopic (exact) mass is 277 g/mol. The van der Waals surface area contributed by atoms with Gasteiger partial charge >= 0.3 is 0 Å². The molecule has 0 radical (unpaired) electrons. The van der Waals surface area contributed by atoms with E-state index in [1.54, 1.807) is 11.8 Å². The molecule has 0 atom stereocenters. The third-order valence-electron chi connectivity index (χ3n) is 3.97. The first kappa shape index (κ1) is 11.9. The van der Waals surface area contributed by atoms with E-state index >= 15 is 0 Å². The highest BCUT2D eigenvalue weighted by atomic mass is 32.2. The van der Waals surface area contributed by atoms with E-state index in [-0.39, 0.29) is 0 Å². The Bertz CT molecular complexity index is 851. The van der Waals surface area contributed by atoms with Crippen molar-refractivity contribution in [3.8, 4) is 0 Å². The molecule has 3 aromatic carbocycles. The molecular formula is C18H15NS. The molecule has 0 amide bonds. The molecule has 4 rings (SSSR count). The van der Waals surface area contributed by atoms with E-state index in [0.29, 0.717) is 0 Å². The summed E-state index contributed by atoms with van der Waals surface area (Å²) in [7, 11) is 0. The first-order chi connectivity index (χ1) is 9.81. The summed E-state index contributed by atoms with van der Waals surface area (Å²) in [6, 6.07) is 17.4. The van der Waals surface area contributed by atoms with Gasteiger partial charge in [-0.05, 0) is 23.1 Å². The smallest absolute Gasteiger partial charge is 0.0728 e. The Labute approximate surface area is 122 Å². The van der Waals surface area contributed by atoms with Crippen molar-refractivity contribution in [1.82, 2.24) is 0 Å². The maximum Gasteiger partial charge on any atom is 0.0728 e. The summed E-state index contributed by atoms with van der Waals surface area (Å²) < 4.78 is 0. The Morgan fingerprint density at radius 2 is 1.45 bits per heavy atom. The summed E-state index contributed by atoms with van der Waals surface area (Å²) in [5.41, 5.74) is 1.33. The zero-order valence-electron chi connectivity index (χ0n) is 11.4. The predicted octanol–water partition coefficient (Wildman–Crippen LogP) is 5.40. The van der Waals surface area contributed by atoms with Crippen LogP contribution in [-0.2, 0) is 0 Å². The van der Waals surface area contributed by atoms with Crippen molar-refractivity contribution < 1.29 is 0 Å². The third-order valence-corrected chi connectivity index (χ3v) is 5.04. The lowest BCUT2D eigenvalue weighted by Crippen LogP contribution is -2.15. The summed E-state index contributed by atoms with van der Waals surface area (Å²) in [5.74, 6) is 0. The second-order valence-electron chi connectivity index (χ2n) is 5.01. The molecule has 1 heterocycles. The molecule has 0 aromatic heterocycles. The molecule has 0 aliphatic carbocycles. The molecular weight excluding hydrogens is 262 g/mol. The van der Waals surface area contributed by atoms with E-state index in [1.165, 1.54) is 32.1 Å². The lowest BCUT2D eigenvalue weighted by atomic mass is 9.99. The van der Waals surface area contributed by atoms with E-state index in [0.717, 1.165) is 11.6 Å². The van der Waals surface area contributed by atoms with Crippen molar-refractivity contribution in [2.45, 2.75) is 11.8 Å². The minimum Gasteiger partial charge on any atom is -0.335 e. The number of thioether (sulfide) groups is 1. The zero-order chi connectivity index (χ0) is 13.7. The van der Waals surface area contributed by atoms with Crippen LogP contribution in [0.1, 0.15) is 6.92 Å². The van der Waals surface area contributed by atoms with Crippen molar-refractivity contribution >= 4 is 39.0 Å². The Morgan fingerprint density at radius 1 is 0.900 bits per heavy atom. The summed E-state index contributed by atoms with van der Waals surface area (Å²) in [5, 5.41) is 6.46. The van der Waals surface area contributed by atoms with Crippen molar-refractivity contribution in [1.29, 1.82) is 0 Å². The van der Waals surface area contributed by atoms with Gasteiger partial charge in [0.1, 0.15) is 0 Å². The number of hydrogen-bond donors (Lipinski definition) is 0. The molecule has 0 unspecified atom stereocenters. The van der Waals surface area contributed by atoms with Crippen LogP contribution in [0.5, 0.6) is 0 Å². The molecule has 20 heavy (non-hydrogen) atoms. The minimum atomic E-state index is 0.959. The van der Waals surface area contributed by atoms with Crippen LogP contribution >= 0.6 is 11.8 Å². The molecule has 2 heteroatoms. The molecule has 98 valence electrons. The SMILES string of the molecule is C=C1Sc2c(c3ccccc3c3ccccc23)N1CC. The number of nitrogens with zero attached hydrogens (tertiary/aromatic N) is 1. The second-order valence-corrected chi connectivity index (χ2v) is 6.09. The number of fused-ring (bicyclic) bond motifs is 6. The van der Waals surface area contributed by atoms with Gasteiger partial charge in [0.05, 0.1) is 10.7 Å². The summed E-state index contributed by atoms with van der Waals surface area (Å²) in [6.45, 7) is 7.37. The summed E-state index contributed by atoms with van der Waals surface area (Å²) in [6.07, 6.45) is 0. The number of rotatable bonds is 1. The quantitative estimate of drug-likeness (QED) is 0.548. The highest BCUT2D eigenvalue weighted by Gasteiger charge is 2.27. The predicted molar refractivity (Wildman–Crippen MR) is 89.5 cm³/mol. The molecule has 0 saturated carbocycles. The second kappa shape index (κ2) is 4.29. The zero-order valence-corrected chi connectivity index (χ0v) is 12.2. The standard InChI is InChI=1S/C18H15NS/c1-3-19-12(2)20-18-16-11-7-5-9-14(16)13-8-4-6-10-15(13)17(18)19/h4-11H,2-3H2,1H3. The molecule has 0 spiro atoms. The van der Waals surface area contributed by atoms with E-state index in [9.17, 15) is 0 Å². The maximum atomic E-state index is 4.22. The van der Waals surface area contributed by atoms with E-state index in [1.807, 2.05) is 0 Å². The Balaban J connectivity index is 2.26. The van der Waals surface area contributed by atoms with Gasteiger partial charge < -0.3 is 4.90 Å². The van der Waals surface area contributed by atoms with Crippen LogP contribution in [0.2, 0.25) is 0 Å².